The van der Waals surface area contributed by atoms with Crippen molar-refractivity contribution in [2.75, 3.05) is 13.2 Å². The Labute approximate surface area is 135 Å². The Bertz CT molecular complexity index is 496. The largest absolute Gasteiger partial charge is 0.466 e. The van der Waals surface area contributed by atoms with E-state index in [4.69, 9.17) is 8.85 Å². The van der Waals surface area contributed by atoms with Gasteiger partial charge in [-0.2, -0.15) is 0 Å². The van der Waals surface area contributed by atoms with Gasteiger partial charge in [-0.25, -0.2) is 4.79 Å². The summed E-state index contributed by atoms with van der Waals surface area (Å²) in [5.74, 6) is -6.09. The third-order valence-electron chi connectivity index (χ3n) is 2.46. The number of carbonyl (C=O) groups excluding carboxylic acids is 3. The second-order valence-electron chi connectivity index (χ2n) is 5.59. The van der Waals surface area contributed by atoms with Crippen LogP contribution in [0.4, 0.5) is 0 Å². The summed E-state index contributed by atoms with van der Waals surface area (Å²) in [4.78, 5) is 36.4. The van der Waals surface area contributed by atoms with Crippen LogP contribution >= 0.6 is 0 Å². The van der Waals surface area contributed by atoms with Crippen LogP contribution in [0.1, 0.15) is 52.0 Å². The summed E-state index contributed by atoms with van der Waals surface area (Å²) >= 11 is 0. The van der Waals surface area contributed by atoms with Crippen LogP contribution in [-0.4, -0.2) is 47.4 Å². The summed E-state index contributed by atoms with van der Waals surface area (Å²) < 4.78 is 36.9. The molecule has 2 atom stereocenters. The van der Waals surface area contributed by atoms with Crippen molar-refractivity contribution in [3.63, 3.8) is 0 Å². The molecule has 0 aromatic heterocycles. The summed E-state index contributed by atoms with van der Waals surface area (Å²) in [6, 6.07) is 0. The average Bonchev–Trinajstić information content (AvgIpc) is 2.34. The molecule has 0 spiro atoms. The number of ether oxygens (including phenoxy) is 3. The van der Waals surface area contributed by atoms with Crippen LogP contribution in [0.15, 0.2) is 0 Å². The summed E-state index contributed by atoms with van der Waals surface area (Å²) in [5.41, 5.74) is -3.89. The predicted molar refractivity (Wildman–Crippen MR) is 77.8 cm³/mol. The fraction of sp³-hybridized carbons (Fsp3) is 0.800. The minimum Gasteiger partial charge on any atom is -0.466 e. The first-order chi connectivity index (χ1) is 11.2. The molecule has 0 aliphatic carbocycles. The van der Waals surface area contributed by atoms with E-state index >= 15 is 0 Å². The van der Waals surface area contributed by atoms with Gasteiger partial charge in [-0.15, -0.1) is 0 Å². The summed E-state index contributed by atoms with van der Waals surface area (Å²) in [5, 5.41) is 10.7. The molecule has 0 radical (unpaired) electrons. The van der Waals surface area contributed by atoms with Crippen molar-refractivity contribution in [1.82, 2.24) is 0 Å². The van der Waals surface area contributed by atoms with Crippen LogP contribution in [0.25, 0.3) is 0 Å². The van der Waals surface area contributed by atoms with Crippen molar-refractivity contribution >= 4 is 17.9 Å². The fourth-order valence-corrected chi connectivity index (χ4v) is 1.57. The zero-order valence-electron chi connectivity index (χ0n) is 16.6. The molecule has 0 amide bonds. The van der Waals surface area contributed by atoms with Crippen molar-refractivity contribution in [3.8, 4) is 0 Å². The molecule has 0 aromatic carbocycles. The maximum Gasteiger partial charge on any atom is 0.339 e. The van der Waals surface area contributed by atoms with Crippen LogP contribution in [0.3, 0.4) is 0 Å². The maximum atomic E-state index is 12.2. The van der Waals surface area contributed by atoms with Crippen molar-refractivity contribution in [2.45, 2.75) is 59.1 Å². The van der Waals surface area contributed by atoms with E-state index in [2.05, 4.69) is 9.47 Å². The van der Waals surface area contributed by atoms with Crippen LogP contribution in [0, 0.1) is 5.92 Å². The van der Waals surface area contributed by atoms with Crippen LogP contribution in [0.2, 0.25) is 0 Å². The molecule has 0 rings (SSSR count). The maximum absolute atomic E-state index is 12.2. The highest BCUT2D eigenvalue weighted by Crippen LogP contribution is 2.26. The van der Waals surface area contributed by atoms with Gasteiger partial charge >= 0.3 is 17.9 Å². The zero-order chi connectivity index (χ0) is 20.1. The molecule has 0 aliphatic rings. The van der Waals surface area contributed by atoms with E-state index in [9.17, 15) is 19.5 Å². The number of aliphatic hydroxyl groups is 1. The molecule has 7 heteroatoms. The van der Waals surface area contributed by atoms with Gasteiger partial charge in [0.2, 0.25) is 0 Å². The topological polar surface area (TPSA) is 99.1 Å². The first-order valence-electron chi connectivity index (χ1n) is 8.47. The molecule has 22 heavy (non-hydrogen) atoms. The van der Waals surface area contributed by atoms with Crippen molar-refractivity contribution in [2.24, 2.45) is 5.92 Å². The molecular formula is C15H26O7. The minimum atomic E-state index is -3.12. The number of carbonyl (C=O) groups is 3. The highest BCUT2D eigenvalue weighted by Gasteiger charge is 2.49. The molecule has 0 saturated carbocycles. The molecule has 0 aliphatic heterocycles. The highest BCUT2D eigenvalue weighted by atomic mass is 16.6. The van der Waals surface area contributed by atoms with Gasteiger partial charge in [0.25, 0.3) is 0 Å². The van der Waals surface area contributed by atoms with E-state index in [0.29, 0.717) is 0 Å². The molecule has 128 valence electrons. The van der Waals surface area contributed by atoms with Crippen molar-refractivity contribution in [3.05, 3.63) is 0 Å². The molecule has 0 heterocycles. The number of rotatable bonds is 7. The Balaban J connectivity index is 5.95. The van der Waals surface area contributed by atoms with E-state index in [1.807, 2.05) is 0 Å². The van der Waals surface area contributed by atoms with Crippen LogP contribution in [-0.2, 0) is 28.6 Å². The lowest BCUT2D eigenvalue weighted by Crippen LogP contribution is -2.51. The summed E-state index contributed by atoms with van der Waals surface area (Å²) in [6.45, 7) is 4.06. The first kappa shape index (κ1) is 15.3. The molecule has 0 fully saturated rings. The Morgan fingerprint density at radius 3 is 2.09 bits per heavy atom. The fourth-order valence-electron chi connectivity index (χ4n) is 1.57. The molecule has 0 aromatic rings. The first-order valence-corrected chi connectivity index (χ1v) is 6.97. The second kappa shape index (κ2) is 8.12. The zero-order valence-corrected chi connectivity index (χ0v) is 13.6. The van der Waals surface area contributed by atoms with Gasteiger partial charge in [0, 0.05) is 4.11 Å². The van der Waals surface area contributed by atoms with E-state index in [0.717, 1.165) is 0 Å². The SMILES string of the molecule is [2H]C([2H])([2H])C(C(=O)OCC)C(O)(CC(=O)OC(C)(C)C)C(=O)OCC. The molecule has 7 nitrogen and oxygen atoms in total. The standard InChI is InChI=1S/C15H26O7/c1-7-20-12(17)10(3)15(19,13(18)21-8-2)9-11(16)22-14(4,5)6/h10,19H,7-9H2,1-6H3/i3D3. The Morgan fingerprint density at radius 1 is 1.14 bits per heavy atom. The van der Waals surface area contributed by atoms with E-state index in [-0.39, 0.29) is 13.2 Å². The Morgan fingerprint density at radius 2 is 1.68 bits per heavy atom. The molecule has 1 N–H and O–H groups in total. The second-order valence-corrected chi connectivity index (χ2v) is 5.59. The number of hydrogen-bond donors (Lipinski definition) is 1. The van der Waals surface area contributed by atoms with Gasteiger partial charge in [0.05, 0.1) is 25.6 Å². The average molecular weight is 321 g/mol. The molecular weight excluding hydrogens is 292 g/mol. The van der Waals surface area contributed by atoms with E-state index in [1.165, 1.54) is 13.8 Å². The van der Waals surface area contributed by atoms with E-state index in [1.54, 1.807) is 20.8 Å². The van der Waals surface area contributed by atoms with Crippen LogP contribution < -0.4 is 0 Å². The van der Waals surface area contributed by atoms with E-state index < -0.39 is 48.3 Å². The van der Waals surface area contributed by atoms with Gasteiger partial charge in [0.1, 0.15) is 5.60 Å². The molecule has 2 unspecified atom stereocenters. The quantitative estimate of drug-likeness (QED) is 0.556. The normalized spacial score (nSPS) is 18.0. The number of esters is 3. The third-order valence-corrected chi connectivity index (χ3v) is 2.46. The smallest absolute Gasteiger partial charge is 0.339 e. The predicted octanol–water partition coefficient (Wildman–Crippen LogP) is 1.21. The monoisotopic (exact) mass is 321 g/mol. The Hall–Kier alpha value is -1.63. The molecule has 0 saturated heterocycles. The lowest BCUT2D eigenvalue weighted by atomic mass is 9.85. The van der Waals surface area contributed by atoms with Crippen molar-refractivity contribution < 1.29 is 37.8 Å². The lowest BCUT2D eigenvalue weighted by Gasteiger charge is -2.30. The summed E-state index contributed by atoms with van der Waals surface area (Å²) in [6.07, 6.45) is -1.06. The Kier molecular flexibility index (Phi) is 5.64. The number of hydrogen-bond acceptors (Lipinski definition) is 7. The van der Waals surface area contributed by atoms with Gasteiger partial charge in [0.15, 0.2) is 5.60 Å². The van der Waals surface area contributed by atoms with Gasteiger partial charge < -0.3 is 19.3 Å². The summed E-state index contributed by atoms with van der Waals surface area (Å²) in [7, 11) is 0. The van der Waals surface area contributed by atoms with Crippen molar-refractivity contribution in [1.29, 1.82) is 0 Å². The van der Waals surface area contributed by atoms with Crippen LogP contribution in [0.5, 0.6) is 0 Å². The lowest BCUT2D eigenvalue weighted by molar-refractivity contribution is -0.187. The minimum absolute atomic E-state index is 0.170. The third kappa shape index (κ3) is 6.01. The van der Waals surface area contributed by atoms with Gasteiger partial charge in [-0.05, 0) is 41.5 Å². The van der Waals surface area contributed by atoms with Gasteiger partial charge in [-0.1, -0.05) is 0 Å². The molecule has 0 bridgehead atoms. The highest BCUT2D eigenvalue weighted by molar-refractivity contribution is 5.91. The van der Waals surface area contributed by atoms with Gasteiger partial charge in [-0.3, -0.25) is 9.59 Å².